The molecule has 10 rings (SSSR count). The van der Waals surface area contributed by atoms with Crippen LogP contribution in [0.25, 0.3) is 32.3 Å². The van der Waals surface area contributed by atoms with Crippen molar-refractivity contribution in [3.63, 3.8) is 0 Å². The van der Waals surface area contributed by atoms with E-state index in [1.165, 1.54) is 52.7 Å². The minimum absolute atomic E-state index is 0.00710. The van der Waals surface area contributed by atoms with Gasteiger partial charge in [0.2, 0.25) is 0 Å². The number of methoxy groups -OCH3 is 2. The van der Waals surface area contributed by atoms with Crippen LogP contribution >= 0.6 is 0 Å². The maximum Gasteiger partial charge on any atom is 0.335 e. The molecule has 0 spiro atoms. The molecule has 23 heteroatoms. The third-order valence-corrected chi connectivity index (χ3v) is 15.3. The minimum atomic E-state index is -0.688. The van der Waals surface area contributed by atoms with E-state index in [9.17, 15) is 52.7 Å². The summed E-state index contributed by atoms with van der Waals surface area (Å²) in [5, 5.41) is 2.94. The fourth-order valence-electron chi connectivity index (χ4n) is 10.7. The molecule has 3 aliphatic heterocycles. The fourth-order valence-corrected chi connectivity index (χ4v) is 10.7. The second-order valence-corrected chi connectivity index (χ2v) is 22.0. The molecular formula is C71H69N3O20. The number of hydrogen-bond donors (Lipinski definition) is 0. The monoisotopic (exact) mass is 1280 g/mol. The van der Waals surface area contributed by atoms with E-state index in [0.29, 0.717) is 61.1 Å². The Morgan fingerprint density at radius 3 is 1.17 bits per heavy atom. The highest BCUT2D eigenvalue weighted by atomic mass is 16.6. The molecule has 23 nitrogen and oxygen atoms in total. The van der Waals surface area contributed by atoms with E-state index in [1.807, 2.05) is 18.2 Å². The van der Waals surface area contributed by atoms with Crippen LogP contribution in [0.4, 0.5) is 0 Å². The second kappa shape index (κ2) is 30.3. The van der Waals surface area contributed by atoms with Crippen molar-refractivity contribution < 1.29 is 95.4 Å². The largest absolute Gasteiger partial charge is 0.496 e. The van der Waals surface area contributed by atoms with Crippen LogP contribution in [0.2, 0.25) is 0 Å². The predicted molar refractivity (Wildman–Crippen MR) is 343 cm³/mol. The number of hydrogen-bond acceptors (Lipinski definition) is 20. The molecule has 94 heavy (non-hydrogen) atoms. The molecule has 0 bridgehead atoms. The molecule has 3 heterocycles. The van der Waals surface area contributed by atoms with E-state index in [2.05, 4.69) is 32.9 Å². The first-order valence-electron chi connectivity index (χ1n) is 29.8. The van der Waals surface area contributed by atoms with Crippen molar-refractivity contribution in [1.82, 2.24) is 14.7 Å². The highest BCUT2D eigenvalue weighted by molar-refractivity contribution is 6.29. The molecule has 4 aliphatic rings. The van der Waals surface area contributed by atoms with E-state index in [1.54, 1.807) is 56.3 Å². The van der Waals surface area contributed by atoms with Crippen LogP contribution in [-0.4, -0.2) is 153 Å². The highest BCUT2D eigenvalue weighted by Crippen LogP contribution is 2.43. The first-order chi connectivity index (χ1) is 44.9. The lowest BCUT2D eigenvalue weighted by molar-refractivity contribution is -0.140. The molecule has 488 valence electrons. The van der Waals surface area contributed by atoms with Crippen LogP contribution in [0.3, 0.4) is 0 Å². The number of ether oxygens (including phenoxy) is 9. The number of esters is 5. The average molecular weight is 1280 g/mol. The van der Waals surface area contributed by atoms with Gasteiger partial charge in [0, 0.05) is 83.3 Å². The molecule has 0 radical (unpaired) electrons. The van der Waals surface area contributed by atoms with Crippen molar-refractivity contribution in [3.05, 3.63) is 174 Å². The Kier molecular flexibility index (Phi) is 22.1. The SMILES string of the molecule is C=C(C)C(=O)OCCN1C(=O)c2cccc3c(OC4CCCCC4)ccc(c23)C1=O.C=C(C)C(=O)OCCOc1ccc2c3c(ccc(OC)c13)C(=O)N(CCOC(=O)C(=C)C)C2=O.C=CC(=O)Oc1ccc2c3c(ccc(OC)c13)C(=O)N(CCOC(=O)C(=C)C)C2=O. The van der Waals surface area contributed by atoms with Crippen LogP contribution in [0, 0.1) is 0 Å². The summed E-state index contributed by atoms with van der Waals surface area (Å²) in [5.74, 6) is -3.92. The summed E-state index contributed by atoms with van der Waals surface area (Å²) in [7, 11) is 2.90. The van der Waals surface area contributed by atoms with Gasteiger partial charge in [-0.1, -0.05) is 51.4 Å². The molecule has 0 N–H and O–H groups in total. The van der Waals surface area contributed by atoms with Crippen molar-refractivity contribution >= 4 is 97.6 Å². The third kappa shape index (κ3) is 14.7. The lowest BCUT2D eigenvalue weighted by Crippen LogP contribution is -2.42. The number of rotatable bonds is 23. The Morgan fingerprint density at radius 1 is 0.426 bits per heavy atom. The molecule has 1 fully saturated rings. The van der Waals surface area contributed by atoms with Gasteiger partial charge in [0.05, 0.1) is 50.7 Å². The number of nitrogens with zero attached hydrogens (tertiary/aromatic N) is 3. The minimum Gasteiger partial charge on any atom is -0.496 e. The van der Waals surface area contributed by atoms with Crippen molar-refractivity contribution in [2.75, 3.05) is 66.9 Å². The van der Waals surface area contributed by atoms with E-state index < -0.39 is 53.5 Å². The predicted octanol–water partition coefficient (Wildman–Crippen LogP) is 9.98. The lowest BCUT2D eigenvalue weighted by Gasteiger charge is -2.28. The number of imide groups is 3. The molecule has 6 aromatic carbocycles. The normalized spacial score (nSPS) is 13.8. The van der Waals surface area contributed by atoms with E-state index in [-0.39, 0.29) is 121 Å². The van der Waals surface area contributed by atoms with E-state index >= 15 is 0 Å². The van der Waals surface area contributed by atoms with Gasteiger partial charge in [-0.2, -0.15) is 0 Å². The summed E-state index contributed by atoms with van der Waals surface area (Å²) in [5.41, 5.74) is 2.96. The van der Waals surface area contributed by atoms with Gasteiger partial charge >= 0.3 is 29.8 Å². The van der Waals surface area contributed by atoms with Gasteiger partial charge in [0.25, 0.3) is 35.4 Å². The Balaban J connectivity index is 0.000000181. The lowest BCUT2D eigenvalue weighted by atomic mass is 9.93. The molecule has 6 amide bonds. The zero-order valence-corrected chi connectivity index (χ0v) is 52.9. The summed E-state index contributed by atoms with van der Waals surface area (Å²) < 4.78 is 48.3. The summed E-state index contributed by atoms with van der Waals surface area (Å²) in [6.07, 6.45) is 6.79. The van der Waals surface area contributed by atoms with Crippen molar-refractivity contribution in [1.29, 1.82) is 0 Å². The molecule has 6 aromatic rings. The van der Waals surface area contributed by atoms with Crippen LogP contribution in [-0.2, 0) is 42.9 Å². The van der Waals surface area contributed by atoms with Gasteiger partial charge < -0.3 is 42.6 Å². The van der Waals surface area contributed by atoms with E-state index in [4.69, 9.17) is 42.6 Å². The van der Waals surface area contributed by atoms with Gasteiger partial charge in [-0.25, -0.2) is 24.0 Å². The first-order valence-corrected chi connectivity index (χ1v) is 29.8. The molecule has 0 atom stereocenters. The Hall–Kier alpha value is -11.2. The Morgan fingerprint density at radius 2 is 0.777 bits per heavy atom. The Labute approximate surface area is 540 Å². The molecule has 0 aromatic heterocycles. The van der Waals surface area contributed by atoms with Crippen molar-refractivity contribution in [2.45, 2.75) is 65.9 Å². The maximum absolute atomic E-state index is 13.1. The zero-order valence-electron chi connectivity index (χ0n) is 52.9. The number of amides is 6. The first kappa shape index (κ1) is 68.7. The summed E-state index contributed by atoms with van der Waals surface area (Å²) in [6, 6.07) is 21.3. The van der Waals surface area contributed by atoms with Crippen LogP contribution in [0.15, 0.2) is 140 Å². The number of carbonyl (C=O) groups excluding carboxylic acids is 11. The topological polar surface area (TPSA) is 281 Å². The standard InChI is InChI=1S/C25H25NO8.C24H25NO5.C22H19NO7/c1-14(2)24(29)33-11-10-26-22(27)16-6-8-18(31-5)21-19(9-7-17(20(16)21)23(26)28)32-12-13-34-25(30)15(3)4;1-15(2)24(28)29-14-13-25-22(26)18-10-6-9-17-20(30-16-7-4-3-5-8-16)12-11-19(21(17)18)23(25)27;1-5-17(24)30-16-9-7-14-18-13(6-8-15(28-4)19(16)18)20(25)23(21(14)26)10-11-29-22(27)12(2)3/h6-9H,1,3,10-13H2,2,4-5H3;6,9-12,16H,1,3-5,7-8,13-14H2,2H3;5-9H,1-2,10-11H2,3-4H3. The maximum atomic E-state index is 13.1. The quantitative estimate of drug-likeness (QED) is 0.0144. The van der Waals surface area contributed by atoms with Crippen LogP contribution in [0.1, 0.15) is 122 Å². The van der Waals surface area contributed by atoms with Gasteiger partial charge in [-0.15, -0.1) is 0 Å². The zero-order chi connectivity index (χ0) is 68.2. The van der Waals surface area contributed by atoms with Gasteiger partial charge in [0.1, 0.15) is 61.8 Å². The third-order valence-electron chi connectivity index (χ3n) is 15.3. The van der Waals surface area contributed by atoms with Gasteiger partial charge in [0.15, 0.2) is 0 Å². The van der Waals surface area contributed by atoms with Crippen molar-refractivity contribution in [3.8, 4) is 28.7 Å². The summed E-state index contributed by atoms with van der Waals surface area (Å²) >= 11 is 0. The van der Waals surface area contributed by atoms with Crippen LogP contribution in [0.5, 0.6) is 28.7 Å². The number of benzene rings is 6. The summed E-state index contributed by atoms with van der Waals surface area (Å²) in [4.78, 5) is 139. The van der Waals surface area contributed by atoms with Gasteiger partial charge in [-0.05, 0) is 120 Å². The van der Waals surface area contributed by atoms with E-state index in [0.717, 1.165) is 51.8 Å². The molecule has 1 aliphatic carbocycles. The molecule has 0 saturated heterocycles. The Bertz CT molecular complexity index is 4140. The highest BCUT2D eigenvalue weighted by Gasteiger charge is 2.38. The summed E-state index contributed by atoms with van der Waals surface area (Å²) in [6.45, 7) is 22.9. The van der Waals surface area contributed by atoms with Crippen molar-refractivity contribution in [2.24, 2.45) is 0 Å². The van der Waals surface area contributed by atoms with Crippen LogP contribution < -0.4 is 23.7 Å². The number of carbonyl (C=O) groups is 11. The molecular weight excluding hydrogens is 1210 g/mol. The molecule has 0 unspecified atom stereocenters. The van der Waals surface area contributed by atoms with Gasteiger partial charge in [-0.3, -0.25) is 43.5 Å². The fraction of sp³-hybridized carbons (Fsp3) is 0.282. The average Bonchev–Trinajstić information content (AvgIpc) is 0.753. The second-order valence-electron chi connectivity index (χ2n) is 22.0. The smallest absolute Gasteiger partial charge is 0.335 e. The molecule has 1 saturated carbocycles.